The molecular weight excluding hydrogens is 212 g/mol. The van der Waals surface area contributed by atoms with Crippen molar-refractivity contribution in [3.63, 3.8) is 0 Å². The Bertz CT molecular complexity index is 378. The second-order valence-electron chi connectivity index (χ2n) is 5.13. The summed E-state index contributed by atoms with van der Waals surface area (Å²) in [5.74, 6) is 0.397. The third-order valence-electron chi connectivity index (χ3n) is 3.69. The third kappa shape index (κ3) is 2.61. The topological polar surface area (TPSA) is 49.5 Å². The Morgan fingerprint density at radius 1 is 1.41 bits per heavy atom. The number of anilines is 1. The van der Waals surface area contributed by atoms with E-state index in [9.17, 15) is 5.11 Å². The molecule has 3 N–H and O–H groups in total. The van der Waals surface area contributed by atoms with Gasteiger partial charge in [0.15, 0.2) is 0 Å². The lowest BCUT2D eigenvalue weighted by Gasteiger charge is -2.37. The minimum absolute atomic E-state index is 0.0303. The highest BCUT2D eigenvalue weighted by Crippen LogP contribution is 2.29. The number of hydrogen-bond acceptors (Lipinski definition) is 3. The second-order valence-corrected chi connectivity index (χ2v) is 5.13. The van der Waals surface area contributed by atoms with Crippen molar-refractivity contribution in [3.8, 4) is 0 Å². The van der Waals surface area contributed by atoms with Crippen molar-refractivity contribution in [3.05, 3.63) is 29.8 Å². The fraction of sp³-hybridized carbons (Fsp3) is 0.571. The van der Waals surface area contributed by atoms with Crippen LogP contribution < -0.4 is 10.6 Å². The van der Waals surface area contributed by atoms with Gasteiger partial charge in [-0.25, -0.2) is 0 Å². The van der Waals surface area contributed by atoms with Crippen LogP contribution in [0.3, 0.4) is 0 Å². The zero-order valence-corrected chi connectivity index (χ0v) is 10.6. The van der Waals surface area contributed by atoms with Gasteiger partial charge in [-0.3, -0.25) is 0 Å². The first-order valence-electron chi connectivity index (χ1n) is 6.37. The van der Waals surface area contributed by atoms with Gasteiger partial charge >= 0.3 is 0 Å². The van der Waals surface area contributed by atoms with Gasteiger partial charge in [0, 0.05) is 24.8 Å². The maximum absolute atomic E-state index is 9.97. The van der Waals surface area contributed by atoms with E-state index in [1.165, 1.54) is 5.69 Å². The van der Waals surface area contributed by atoms with Gasteiger partial charge in [0.05, 0.1) is 6.10 Å². The summed E-state index contributed by atoms with van der Waals surface area (Å²) in [6.45, 7) is 5.83. The Hall–Kier alpha value is -1.06. The SMILES string of the molecule is CC(N)c1ccccc1N1CCC(C)C(O)C1. The van der Waals surface area contributed by atoms with Crippen LogP contribution in [0.25, 0.3) is 0 Å². The van der Waals surface area contributed by atoms with E-state index in [2.05, 4.69) is 24.0 Å². The first-order chi connectivity index (χ1) is 8.09. The molecule has 0 spiro atoms. The molecule has 1 aromatic rings. The molecule has 2 rings (SSSR count). The molecule has 0 aromatic heterocycles. The maximum atomic E-state index is 9.97. The zero-order chi connectivity index (χ0) is 12.4. The molecule has 1 aromatic carbocycles. The van der Waals surface area contributed by atoms with Crippen molar-refractivity contribution in [1.82, 2.24) is 0 Å². The molecule has 3 nitrogen and oxygen atoms in total. The number of aliphatic hydroxyl groups is 1. The van der Waals surface area contributed by atoms with Crippen molar-refractivity contribution >= 4 is 5.69 Å². The lowest BCUT2D eigenvalue weighted by molar-refractivity contribution is 0.103. The van der Waals surface area contributed by atoms with E-state index in [4.69, 9.17) is 5.73 Å². The van der Waals surface area contributed by atoms with E-state index in [0.29, 0.717) is 12.5 Å². The van der Waals surface area contributed by atoms with Crippen molar-refractivity contribution in [1.29, 1.82) is 0 Å². The van der Waals surface area contributed by atoms with Crippen molar-refractivity contribution in [2.75, 3.05) is 18.0 Å². The lowest BCUT2D eigenvalue weighted by Crippen LogP contribution is -2.43. The van der Waals surface area contributed by atoms with Gasteiger partial charge < -0.3 is 15.7 Å². The Kier molecular flexibility index (Phi) is 3.69. The predicted molar refractivity (Wildman–Crippen MR) is 71.0 cm³/mol. The van der Waals surface area contributed by atoms with Gasteiger partial charge in [0.25, 0.3) is 0 Å². The average Bonchev–Trinajstić information content (AvgIpc) is 2.32. The number of aliphatic hydroxyl groups excluding tert-OH is 1. The largest absolute Gasteiger partial charge is 0.391 e. The van der Waals surface area contributed by atoms with Crippen LogP contribution in [0.15, 0.2) is 24.3 Å². The molecule has 3 atom stereocenters. The summed E-state index contributed by atoms with van der Waals surface area (Å²) in [6.07, 6.45) is 0.805. The highest BCUT2D eigenvalue weighted by Gasteiger charge is 2.25. The van der Waals surface area contributed by atoms with Crippen LogP contribution in [0.4, 0.5) is 5.69 Å². The van der Waals surface area contributed by atoms with Gasteiger partial charge in [0.2, 0.25) is 0 Å². The highest BCUT2D eigenvalue weighted by atomic mass is 16.3. The van der Waals surface area contributed by atoms with E-state index < -0.39 is 0 Å². The van der Waals surface area contributed by atoms with Crippen molar-refractivity contribution < 1.29 is 5.11 Å². The Morgan fingerprint density at radius 2 is 2.12 bits per heavy atom. The smallest absolute Gasteiger partial charge is 0.0741 e. The highest BCUT2D eigenvalue weighted by molar-refractivity contribution is 5.55. The molecule has 1 fully saturated rings. The van der Waals surface area contributed by atoms with Gasteiger partial charge in [-0.15, -0.1) is 0 Å². The molecule has 17 heavy (non-hydrogen) atoms. The molecule has 0 aliphatic carbocycles. The molecule has 0 saturated carbocycles. The van der Waals surface area contributed by atoms with Crippen LogP contribution in [0.1, 0.15) is 31.9 Å². The van der Waals surface area contributed by atoms with E-state index in [1.54, 1.807) is 0 Å². The summed E-state index contributed by atoms with van der Waals surface area (Å²) in [4.78, 5) is 2.25. The van der Waals surface area contributed by atoms with Crippen LogP contribution >= 0.6 is 0 Å². The van der Waals surface area contributed by atoms with E-state index in [-0.39, 0.29) is 12.1 Å². The average molecular weight is 234 g/mol. The van der Waals surface area contributed by atoms with Gasteiger partial charge in [-0.1, -0.05) is 25.1 Å². The summed E-state index contributed by atoms with van der Waals surface area (Å²) in [5, 5.41) is 9.97. The zero-order valence-electron chi connectivity index (χ0n) is 10.6. The van der Waals surface area contributed by atoms with Crippen molar-refractivity contribution in [2.45, 2.75) is 32.4 Å². The van der Waals surface area contributed by atoms with Crippen molar-refractivity contribution in [2.24, 2.45) is 11.7 Å². The molecule has 3 unspecified atom stereocenters. The number of piperidine rings is 1. The van der Waals surface area contributed by atoms with Gasteiger partial charge in [-0.2, -0.15) is 0 Å². The molecule has 1 heterocycles. The lowest BCUT2D eigenvalue weighted by atomic mass is 9.94. The maximum Gasteiger partial charge on any atom is 0.0741 e. The second kappa shape index (κ2) is 5.07. The predicted octanol–water partition coefficient (Wildman–Crippen LogP) is 1.91. The van der Waals surface area contributed by atoms with E-state index in [1.807, 2.05) is 19.1 Å². The Labute approximate surface area is 103 Å². The minimum Gasteiger partial charge on any atom is -0.391 e. The van der Waals surface area contributed by atoms with Crippen LogP contribution in [0.2, 0.25) is 0 Å². The standard InChI is InChI=1S/C14H22N2O/c1-10-7-8-16(9-14(10)17)13-6-4-3-5-12(13)11(2)15/h3-6,10-11,14,17H,7-9,15H2,1-2H3. The number of hydrogen-bond donors (Lipinski definition) is 2. The third-order valence-corrected chi connectivity index (χ3v) is 3.69. The summed E-state index contributed by atoms with van der Waals surface area (Å²) in [5.41, 5.74) is 8.33. The van der Waals surface area contributed by atoms with Gasteiger partial charge in [-0.05, 0) is 30.9 Å². The monoisotopic (exact) mass is 234 g/mol. The normalized spacial score (nSPS) is 26.9. The fourth-order valence-corrected chi connectivity index (χ4v) is 2.43. The number of rotatable bonds is 2. The molecule has 1 aliphatic rings. The van der Waals surface area contributed by atoms with E-state index >= 15 is 0 Å². The van der Waals surface area contributed by atoms with Crippen LogP contribution in [0.5, 0.6) is 0 Å². The Balaban J connectivity index is 2.22. The summed E-state index contributed by atoms with van der Waals surface area (Å²) >= 11 is 0. The molecule has 1 aliphatic heterocycles. The molecule has 3 heteroatoms. The summed E-state index contributed by atoms with van der Waals surface area (Å²) < 4.78 is 0. The van der Waals surface area contributed by atoms with Crippen LogP contribution in [-0.4, -0.2) is 24.3 Å². The Morgan fingerprint density at radius 3 is 2.76 bits per heavy atom. The van der Waals surface area contributed by atoms with Crippen LogP contribution in [-0.2, 0) is 0 Å². The molecule has 0 radical (unpaired) electrons. The van der Waals surface area contributed by atoms with Crippen LogP contribution in [0, 0.1) is 5.92 Å². The molecule has 0 amide bonds. The molecular formula is C14H22N2O. The number of benzene rings is 1. The van der Waals surface area contributed by atoms with E-state index in [0.717, 1.165) is 18.5 Å². The summed E-state index contributed by atoms with van der Waals surface area (Å²) in [7, 11) is 0. The molecule has 1 saturated heterocycles. The molecule has 94 valence electrons. The first kappa shape index (κ1) is 12.4. The fourth-order valence-electron chi connectivity index (χ4n) is 2.43. The number of β-amino-alcohol motifs (C(OH)–C–C–N with tert-alkyl or cyclic N) is 1. The quantitative estimate of drug-likeness (QED) is 0.822. The number of nitrogens with zero attached hydrogens (tertiary/aromatic N) is 1. The minimum atomic E-state index is -0.232. The van der Waals surface area contributed by atoms with Gasteiger partial charge in [0.1, 0.15) is 0 Å². The summed E-state index contributed by atoms with van der Waals surface area (Å²) in [6, 6.07) is 8.26. The number of nitrogens with two attached hydrogens (primary N) is 1. The number of para-hydroxylation sites is 1. The molecule has 0 bridgehead atoms. The first-order valence-corrected chi connectivity index (χ1v) is 6.37.